The largest absolute Gasteiger partial charge is 0.482 e. The van der Waals surface area contributed by atoms with Crippen LogP contribution in [-0.4, -0.2) is 65.9 Å². The molecular formula is C79H80O11. The van der Waals surface area contributed by atoms with Crippen LogP contribution in [-0.2, 0) is 48.7 Å². The van der Waals surface area contributed by atoms with Crippen molar-refractivity contribution >= 4 is 41.1 Å². The standard InChI is InChI=1S/C79H80O11/c1-45(42-81)56-26-21-46-18-19-50-38-49(46)32-36-77-34-9-35-78(68(77)41-62-58-14-5-3-10-47(58)23-30-65(62)77)74(89-75(56)84)73(71-67(90-78)31-29-61-63(43-82)70(76(85)88-72(61)71)52(33-37-80)44-86-2)87-69(83)40-53-39-51(22-27-57(50)53)59-15-8-17-66-60(59)28-25-55-13-7-12-54-24-20-48-11-4-6-16-64(48)79(54,55)66/h3-6,8,10-11,14-20,22-25,27-31,38,51-55,57,62,65,68,73-74,80-82H,7,9,12-13,21,26,32-37,39-44H2,1-2H3/b56-45-/t51-,52-,53-,54+,55-,57+,62+,65+,68-,73-,74+,77-,78+,79+/m1/s1. The maximum absolute atomic E-state index is 16.2. The van der Waals surface area contributed by atoms with E-state index in [1.165, 1.54) is 58.0 Å². The lowest BCUT2D eigenvalue weighted by Gasteiger charge is -2.58. The summed E-state index contributed by atoms with van der Waals surface area (Å²) in [7, 11) is 1.53. The Labute approximate surface area is 526 Å². The van der Waals surface area contributed by atoms with Gasteiger partial charge in [-0.05, 0) is 198 Å². The number of carbonyl (C=O) groups excluding carboxylic acids is 2. The van der Waals surface area contributed by atoms with Crippen molar-refractivity contribution in [2.45, 2.75) is 150 Å². The zero-order valence-electron chi connectivity index (χ0n) is 51.5. The molecule has 4 heterocycles. The summed E-state index contributed by atoms with van der Waals surface area (Å²) in [4.78, 5) is 46.9. The Morgan fingerprint density at radius 1 is 0.744 bits per heavy atom. The number of aliphatic hydroxyl groups is 3. The molecule has 5 aromatic carbocycles. The van der Waals surface area contributed by atoms with Crippen molar-refractivity contribution in [2.24, 2.45) is 35.0 Å². The van der Waals surface area contributed by atoms with Crippen LogP contribution in [0.1, 0.15) is 186 Å². The lowest BCUT2D eigenvalue weighted by atomic mass is 9.49. The summed E-state index contributed by atoms with van der Waals surface area (Å²) >= 11 is 0. The Morgan fingerprint density at radius 2 is 1.54 bits per heavy atom. The third-order valence-corrected chi connectivity index (χ3v) is 24.2. The fourth-order valence-corrected chi connectivity index (χ4v) is 20.4. The Bertz CT molecular complexity index is 4140. The molecule has 3 fully saturated rings. The maximum atomic E-state index is 16.2. The molecule has 14 atom stereocenters. The predicted octanol–water partition coefficient (Wildman–Crippen LogP) is 14.1. The van der Waals surface area contributed by atoms with Crippen LogP contribution in [0.2, 0.25) is 0 Å². The van der Waals surface area contributed by atoms with Gasteiger partial charge in [-0.1, -0.05) is 140 Å². The van der Waals surface area contributed by atoms with Crippen LogP contribution in [0, 0.1) is 35.0 Å². The number of ether oxygens (including phenoxy) is 4. The quantitative estimate of drug-likeness (QED) is 0.0576. The average molecular weight is 1210 g/mol. The first kappa shape index (κ1) is 57.7. The number of aryl methyl sites for hydroxylation is 2. The first-order valence-corrected chi connectivity index (χ1v) is 33.4. The van der Waals surface area contributed by atoms with Gasteiger partial charge in [0.2, 0.25) is 0 Å². The molecule has 0 radical (unpaired) electrons. The fraction of sp³-hybridized carbons (Fsp3) is 0.430. The molecule has 3 aliphatic heterocycles. The van der Waals surface area contributed by atoms with Gasteiger partial charge in [0, 0.05) is 65.7 Å². The van der Waals surface area contributed by atoms with Crippen molar-refractivity contribution in [2.75, 3.05) is 26.9 Å². The van der Waals surface area contributed by atoms with E-state index in [4.69, 9.17) is 23.4 Å². The van der Waals surface area contributed by atoms with Crippen LogP contribution in [0.25, 0.3) is 29.2 Å². The monoisotopic (exact) mass is 1200 g/mol. The van der Waals surface area contributed by atoms with E-state index in [2.05, 4.69) is 134 Å². The number of esters is 2. The maximum Gasteiger partial charge on any atom is 0.340 e. The molecule has 10 aliphatic rings. The topological polar surface area (TPSA) is 162 Å². The summed E-state index contributed by atoms with van der Waals surface area (Å²) < 4.78 is 34.6. The molecule has 6 bridgehead atoms. The van der Waals surface area contributed by atoms with Gasteiger partial charge >= 0.3 is 17.6 Å². The van der Waals surface area contributed by atoms with E-state index < -0.39 is 47.9 Å². The van der Waals surface area contributed by atoms with Gasteiger partial charge in [0.1, 0.15) is 11.3 Å². The Balaban J connectivity index is 0.904. The number of carbonyl (C=O) groups is 2. The average Bonchev–Trinajstić information content (AvgIpc) is 1.51. The van der Waals surface area contributed by atoms with Crippen LogP contribution in [0.3, 0.4) is 0 Å². The highest BCUT2D eigenvalue weighted by atomic mass is 16.6. The summed E-state index contributed by atoms with van der Waals surface area (Å²) in [6.07, 6.45) is 26.2. The van der Waals surface area contributed by atoms with Gasteiger partial charge in [-0.2, -0.15) is 0 Å². The van der Waals surface area contributed by atoms with Gasteiger partial charge < -0.3 is 38.7 Å². The minimum absolute atomic E-state index is 0.0224. The summed E-state index contributed by atoms with van der Waals surface area (Å²) in [6.45, 7) is 0.728. The molecule has 90 heavy (non-hydrogen) atoms. The van der Waals surface area contributed by atoms with Crippen molar-refractivity contribution < 1.29 is 48.3 Å². The van der Waals surface area contributed by atoms with E-state index in [1.54, 1.807) is 6.92 Å². The van der Waals surface area contributed by atoms with E-state index in [0.717, 1.165) is 49.7 Å². The highest BCUT2D eigenvalue weighted by molar-refractivity contribution is 5.91. The molecule has 0 amide bonds. The summed E-state index contributed by atoms with van der Waals surface area (Å²) in [5.41, 5.74) is 11.7. The molecule has 6 aromatic rings. The second kappa shape index (κ2) is 22.5. The van der Waals surface area contributed by atoms with E-state index >= 15 is 9.59 Å². The molecule has 1 aromatic heterocycles. The Hall–Kier alpha value is -7.41. The van der Waals surface area contributed by atoms with Crippen molar-refractivity contribution in [3.05, 3.63) is 221 Å². The molecule has 11 nitrogen and oxygen atoms in total. The first-order chi connectivity index (χ1) is 44.0. The molecule has 2 spiro atoms. The van der Waals surface area contributed by atoms with Gasteiger partial charge in [0.15, 0.2) is 17.8 Å². The summed E-state index contributed by atoms with van der Waals surface area (Å²) in [5, 5.41) is 33.0. The number of allylic oxidation sites excluding steroid dienone is 5. The normalized spacial score (nSPS) is 32.4. The third-order valence-electron chi connectivity index (χ3n) is 24.2. The van der Waals surface area contributed by atoms with Crippen molar-refractivity contribution in [1.82, 2.24) is 0 Å². The minimum atomic E-state index is -1.36. The number of hydrogen-bond acceptors (Lipinski definition) is 11. The highest BCUT2D eigenvalue weighted by Gasteiger charge is 2.70. The number of fused-ring (bicyclic) bond motifs is 13. The molecule has 11 heteroatoms. The van der Waals surface area contributed by atoms with Crippen molar-refractivity contribution in [1.29, 1.82) is 0 Å². The Kier molecular flexibility index (Phi) is 14.4. The minimum Gasteiger partial charge on any atom is -0.482 e. The van der Waals surface area contributed by atoms with E-state index in [9.17, 15) is 20.1 Å². The first-order valence-electron chi connectivity index (χ1n) is 33.4. The molecule has 16 rings (SSSR count). The number of rotatable bonds is 8. The molecule has 0 saturated heterocycles. The SMILES string of the molecule is COC[C@@H](CCO)c1c(CO)c2ccc3c(c2oc1=O)[C@H]1OC(=O)C[C@H]2C[C@H](c4cccc5c4C=C[C@H]4CCC[C@H]6C=Cc7ccccc7[C@]564)C=C[C@H]2c2ccc4c(c2)CC[C@@]25CCC[C@](O3)([C@@H]2C[C@H]2c3ccccc3C=C[C@@H]25)[C@H]1OC(=O)/C(=C(/C)CO)CC4. The van der Waals surface area contributed by atoms with Gasteiger partial charge in [-0.15, -0.1) is 0 Å². The number of aliphatic hydroxyl groups excluding tert-OH is 3. The van der Waals surface area contributed by atoms with Crippen molar-refractivity contribution in [3.63, 3.8) is 0 Å². The second-order valence-electron chi connectivity index (χ2n) is 28.0. The van der Waals surface area contributed by atoms with Crippen LogP contribution in [0.4, 0.5) is 0 Å². The zero-order chi connectivity index (χ0) is 61.2. The highest BCUT2D eigenvalue weighted by Crippen LogP contribution is 2.71. The van der Waals surface area contributed by atoms with Gasteiger partial charge in [-0.3, -0.25) is 4.79 Å². The van der Waals surface area contributed by atoms with Crippen LogP contribution < -0.4 is 10.4 Å². The summed E-state index contributed by atoms with van der Waals surface area (Å²) in [6, 6.07) is 35.2. The zero-order valence-corrected chi connectivity index (χ0v) is 51.5. The number of methoxy groups -OCH3 is 1. The van der Waals surface area contributed by atoms with E-state index in [-0.39, 0.29) is 95.7 Å². The molecular weight excluding hydrogens is 1120 g/mol. The second-order valence-corrected chi connectivity index (χ2v) is 28.0. The molecule has 3 N–H and O–H groups in total. The van der Waals surface area contributed by atoms with Crippen LogP contribution in [0.5, 0.6) is 5.75 Å². The predicted molar refractivity (Wildman–Crippen MR) is 346 cm³/mol. The van der Waals surface area contributed by atoms with Gasteiger partial charge in [0.25, 0.3) is 0 Å². The van der Waals surface area contributed by atoms with E-state index in [1.807, 2.05) is 12.1 Å². The van der Waals surface area contributed by atoms with Gasteiger partial charge in [0.05, 0.1) is 25.4 Å². The van der Waals surface area contributed by atoms with Crippen molar-refractivity contribution in [3.8, 4) is 5.75 Å². The van der Waals surface area contributed by atoms with E-state index in [0.29, 0.717) is 71.8 Å². The molecule has 0 unspecified atom stereocenters. The lowest BCUT2D eigenvalue weighted by Crippen LogP contribution is -2.65. The smallest absolute Gasteiger partial charge is 0.340 e. The molecule has 462 valence electrons. The third kappa shape index (κ3) is 8.67. The Morgan fingerprint density at radius 3 is 2.38 bits per heavy atom. The van der Waals surface area contributed by atoms with Crippen LogP contribution in [0.15, 0.2) is 148 Å². The van der Waals surface area contributed by atoms with Crippen LogP contribution >= 0.6 is 0 Å². The molecule has 7 aliphatic carbocycles. The molecule has 3 saturated carbocycles. The fourth-order valence-electron chi connectivity index (χ4n) is 20.4. The lowest BCUT2D eigenvalue weighted by molar-refractivity contribution is -0.221. The number of hydrogen-bond donors (Lipinski definition) is 3. The van der Waals surface area contributed by atoms with Gasteiger partial charge in [-0.25, -0.2) is 9.59 Å². The number of benzene rings is 5. The summed E-state index contributed by atoms with van der Waals surface area (Å²) in [5.74, 6) is -1.07.